The van der Waals surface area contributed by atoms with Crippen LogP contribution in [0.15, 0.2) is 0 Å². The number of ether oxygens (including phenoxy) is 2. The molecule has 1 saturated heterocycles. The standard InChI is InChI=1S/C15H30N2O3/c1-5-20-14(18)17-13(10-16-15(2,3)4)9-12-7-6-8-19-11-12/h12-13,16H,5-11H2,1-4H3,(H,17,18)/t12-,13-/m0/s1. The number of amides is 1. The Labute approximate surface area is 122 Å². The van der Waals surface area contributed by atoms with Crippen LogP contribution in [0.4, 0.5) is 4.79 Å². The van der Waals surface area contributed by atoms with E-state index in [0.717, 1.165) is 32.6 Å². The third-order valence-corrected chi connectivity index (χ3v) is 3.35. The Balaban J connectivity index is 2.46. The predicted molar refractivity (Wildman–Crippen MR) is 79.9 cm³/mol. The largest absolute Gasteiger partial charge is 0.450 e. The predicted octanol–water partition coefficient (Wildman–Crippen LogP) is 2.31. The van der Waals surface area contributed by atoms with E-state index in [0.29, 0.717) is 12.5 Å². The van der Waals surface area contributed by atoms with Crippen molar-refractivity contribution in [1.82, 2.24) is 10.6 Å². The van der Waals surface area contributed by atoms with Crippen molar-refractivity contribution in [3.05, 3.63) is 0 Å². The fraction of sp³-hybridized carbons (Fsp3) is 0.933. The molecule has 1 rings (SSSR count). The van der Waals surface area contributed by atoms with E-state index in [1.54, 1.807) is 0 Å². The molecule has 1 heterocycles. The summed E-state index contributed by atoms with van der Waals surface area (Å²) in [5.74, 6) is 0.525. The monoisotopic (exact) mass is 286 g/mol. The second-order valence-corrected chi connectivity index (χ2v) is 6.51. The second kappa shape index (κ2) is 8.47. The van der Waals surface area contributed by atoms with Crippen LogP contribution in [-0.2, 0) is 9.47 Å². The molecule has 5 nitrogen and oxygen atoms in total. The maximum atomic E-state index is 11.6. The molecule has 0 aromatic carbocycles. The summed E-state index contributed by atoms with van der Waals surface area (Å²) in [4.78, 5) is 11.6. The maximum absolute atomic E-state index is 11.6. The number of nitrogens with one attached hydrogen (secondary N) is 2. The third-order valence-electron chi connectivity index (χ3n) is 3.35. The topological polar surface area (TPSA) is 59.6 Å². The minimum Gasteiger partial charge on any atom is -0.450 e. The van der Waals surface area contributed by atoms with Crippen molar-refractivity contribution in [2.45, 2.75) is 58.5 Å². The first-order valence-corrected chi connectivity index (χ1v) is 7.66. The maximum Gasteiger partial charge on any atom is 0.407 e. The number of alkyl carbamates (subject to hydrolysis) is 1. The van der Waals surface area contributed by atoms with Crippen LogP contribution in [0.3, 0.4) is 0 Å². The molecule has 1 fully saturated rings. The van der Waals surface area contributed by atoms with Gasteiger partial charge in [0.05, 0.1) is 6.61 Å². The number of hydrogen-bond acceptors (Lipinski definition) is 4. The molecule has 0 unspecified atom stereocenters. The van der Waals surface area contributed by atoms with Crippen molar-refractivity contribution in [2.24, 2.45) is 5.92 Å². The van der Waals surface area contributed by atoms with Gasteiger partial charge < -0.3 is 20.1 Å². The van der Waals surface area contributed by atoms with Gasteiger partial charge in [-0.25, -0.2) is 4.79 Å². The van der Waals surface area contributed by atoms with Crippen molar-refractivity contribution in [3.63, 3.8) is 0 Å². The average molecular weight is 286 g/mol. The number of carbonyl (C=O) groups excluding carboxylic acids is 1. The molecule has 1 aliphatic rings. The molecule has 20 heavy (non-hydrogen) atoms. The normalized spacial score (nSPS) is 21.3. The summed E-state index contributed by atoms with van der Waals surface area (Å²) in [6, 6.07) is 0.0833. The summed E-state index contributed by atoms with van der Waals surface area (Å²) >= 11 is 0. The molecule has 0 spiro atoms. The Morgan fingerprint density at radius 1 is 1.45 bits per heavy atom. The number of hydrogen-bond donors (Lipinski definition) is 2. The van der Waals surface area contributed by atoms with E-state index in [1.807, 2.05) is 6.92 Å². The summed E-state index contributed by atoms with van der Waals surface area (Å²) in [5, 5.41) is 6.41. The minimum atomic E-state index is -0.329. The van der Waals surface area contributed by atoms with E-state index in [2.05, 4.69) is 31.4 Å². The summed E-state index contributed by atoms with van der Waals surface area (Å²) in [6.45, 7) is 11.0. The second-order valence-electron chi connectivity index (χ2n) is 6.51. The Morgan fingerprint density at radius 3 is 2.75 bits per heavy atom. The van der Waals surface area contributed by atoms with E-state index in [4.69, 9.17) is 9.47 Å². The first kappa shape index (κ1) is 17.2. The van der Waals surface area contributed by atoms with Gasteiger partial charge in [-0.1, -0.05) is 0 Å². The molecule has 1 amide bonds. The minimum absolute atomic E-state index is 0.0393. The van der Waals surface area contributed by atoms with Crippen LogP contribution >= 0.6 is 0 Å². The molecule has 0 aliphatic carbocycles. The quantitative estimate of drug-likeness (QED) is 0.786. The molecule has 2 atom stereocenters. The lowest BCUT2D eigenvalue weighted by Gasteiger charge is -2.30. The van der Waals surface area contributed by atoms with Crippen molar-refractivity contribution in [2.75, 3.05) is 26.4 Å². The zero-order valence-corrected chi connectivity index (χ0v) is 13.3. The zero-order chi connectivity index (χ0) is 15.0. The van der Waals surface area contributed by atoms with E-state index in [-0.39, 0.29) is 17.7 Å². The molecule has 118 valence electrons. The van der Waals surface area contributed by atoms with Gasteiger partial charge in [0.15, 0.2) is 0 Å². The van der Waals surface area contributed by atoms with E-state index >= 15 is 0 Å². The molecular formula is C15H30N2O3. The van der Waals surface area contributed by atoms with Crippen molar-refractivity contribution in [3.8, 4) is 0 Å². The lowest BCUT2D eigenvalue weighted by molar-refractivity contribution is 0.0468. The SMILES string of the molecule is CCOC(=O)N[C@H](CNC(C)(C)C)C[C@@H]1CCCOC1. The lowest BCUT2D eigenvalue weighted by Crippen LogP contribution is -2.48. The Kier molecular flexibility index (Phi) is 7.30. The smallest absolute Gasteiger partial charge is 0.407 e. The number of carbonyl (C=O) groups is 1. The summed E-state index contributed by atoms with van der Waals surface area (Å²) in [5.41, 5.74) is 0.0393. The molecule has 0 bridgehead atoms. The van der Waals surface area contributed by atoms with Crippen LogP contribution in [0.25, 0.3) is 0 Å². The van der Waals surface area contributed by atoms with Crippen molar-refractivity contribution < 1.29 is 14.3 Å². The summed E-state index contributed by atoms with van der Waals surface area (Å²) < 4.78 is 10.5. The van der Waals surface area contributed by atoms with Crippen LogP contribution < -0.4 is 10.6 Å². The number of rotatable bonds is 6. The van der Waals surface area contributed by atoms with Gasteiger partial charge in [0.2, 0.25) is 0 Å². The zero-order valence-electron chi connectivity index (χ0n) is 13.3. The molecule has 2 N–H and O–H groups in total. The van der Waals surface area contributed by atoms with Crippen molar-refractivity contribution >= 4 is 6.09 Å². The van der Waals surface area contributed by atoms with Crippen LogP contribution in [0.2, 0.25) is 0 Å². The first-order chi connectivity index (χ1) is 9.40. The highest BCUT2D eigenvalue weighted by Crippen LogP contribution is 2.19. The van der Waals surface area contributed by atoms with E-state index in [1.165, 1.54) is 6.42 Å². The lowest BCUT2D eigenvalue weighted by atomic mass is 9.94. The van der Waals surface area contributed by atoms with Gasteiger partial charge in [-0.3, -0.25) is 0 Å². The molecule has 0 aromatic rings. The van der Waals surface area contributed by atoms with Gasteiger partial charge in [0.25, 0.3) is 0 Å². The van der Waals surface area contributed by atoms with Crippen molar-refractivity contribution in [1.29, 1.82) is 0 Å². The Morgan fingerprint density at radius 2 is 2.20 bits per heavy atom. The van der Waals surface area contributed by atoms with Crippen LogP contribution in [-0.4, -0.2) is 44.0 Å². The summed E-state index contributed by atoms with van der Waals surface area (Å²) in [6.07, 6.45) is 2.90. The average Bonchev–Trinajstić information content (AvgIpc) is 2.36. The van der Waals surface area contributed by atoms with Crippen LogP contribution in [0, 0.1) is 5.92 Å². The van der Waals surface area contributed by atoms with E-state index < -0.39 is 0 Å². The van der Waals surface area contributed by atoms with Gasteiger partial charge in [-0.15, -0.1) is 0 Å². The van der Waals surface area contributed by atoms with Crippen LogP contribution in [0.5, 0.6) is 0 Å². The summed E-state index contributed by atoms with van der Waals surface area (Å²) in [7, 11) is 0. The van der Waals surface area contributed by atoms with Gasteiger partial charge in [-0.2, -0.15) is 0 Å². The van der Waals surface area contributed by atoms with Gasteiger partial charge >= 0.3 is 6.09 Å². The van der Waals surface area contributed by atoms with Gasteiger partial charge in [0.1, 0.15) is 0 Å². The highest BCUT2D eigenvalue weighted by molar-refractivity contribution is 5.67. The fourth-order valence-corrected chi connectivity index (χ4v) is 2.36. The molecular weight excluding hydrogens is 256 g/mol. The molecule has 0 saturated carbocycles. The molecule has 1 aliphatic heterocycles. The first-order valence-electron chi connectivity index (χ1n) is 7.66. The fourth-order valence-electron chi connectivity index (χ4n) is 2.36. The Hall–Kier alpha value is -0.810. The molecule has 0 aromatic heterocycles. The molecule has 5 heteroatoms. The highest BCUT2D eigenvalue weighted by Gasteiger charge is 2.22. The Bertz CT molecular complexity index is 283. The molecule has 0 radical (unpaired) electrons. The van der Waals surface area contributed by atoms with Gasteiger partial charge in [0, 0.05) is 31.3 Å². The highest BCUT2D eigenvalue weighted by atomic mass is 16.5. The van der Waals surface area contributed by atoms with Crippen LogP contribution in [0.1, 0.15) is 47.0 Å². The third kappa shape index (κ3) is 7.70. The van der Waals surface area contributed by atoms with Gasteiger partial charge in [-0.05, 0) is 52.9 Å². The van der Waals surface area contributed by atoms with E-state index in [9.17, 15) is 4.79 Å².